The first-order valence-electron chi connectivity index (χ1n) is 9.65. The van der Waals surface area contributed by atoms with E-state index in [1.54, 1.807) is 17.9 Å². The molecule has 0 aliphatic carbocycles. The largest absolute Gasteiger partial charge is 0.573 e. The molecule has 1 aliphatic rings. The van der Waals surface area contributed by atoms with Crippen molar-refractivity contribution < 1.29 is 31.1 Å². The van der Waals surface area contributed by atoms with Crippen molar-refractivity contribution >= 4 is 27.3 Å². The van der Waals surface area contributed by atoms with Crippen molar-refractivity contribution in [1.82, 2.24) is 9.21 Å². The van der Waals surface area contributed by atoms with Crippen LogP contribution < -0.4 is 4.74 Å². The number of sulfonamides is 1. The third-order valence-electron chi connectivity index (χ3n) is 4.99. The molecule has 0 radical (unpaired) electrons. The van der Waals surface area contributed by atoms with Gasteiger partial charge in [-0.3, -0.25) is 4.79 Å². The molecule has 0 atom stereocenters. The van der Waals surface area contributed by atoms with Crippen molar-refractivity contribution in [1.29, 1.82) is 0 Å². The smallest absolute Gasteiger partial charge is 0.406 e. The summed E-state index contributed by atoms with van der Waals surface area (Å²) in [5.41, 5.74) is 0.715. The molecule has 3 rings (SSSR count). The number of piperazine rings is 1. The zero-order valence-corrected chi connectivity index (χ0v) is 18.7. The SMILES string of the molecule is Cc1cc(S(=O)(=O)N2CCN(C(=O)CCc3ccc(OC(F)(F)F)cc3)CC2)c(C)s1. The molecule has 0 saturated carbocycles. The van der Waals surface area contributed by atoms with Crippen LogP contribution in [0, 0.1) is 13.8 Å². The lowest BCUT2D eigenvalue weighted by Crippen LogP contribution is -2.50. The number of amides is 1. The Labute approximate surface area is 183 Å². The normalized spacial score (nSPS) is 15.8. The molecular weight excluding hydrogens is 453 g/mol. The zero-order valence-electron chi connectivity index (χ0n) is 17.1. The number of hydrogen-bond acceptors (Lipinski definition) is 5. The van der Waals surface area contributed by atoms with E-state index in [0.29, 0.717) is 30.0 Å². The highest BCUT2D eigenvalue weighted by atomic mass is 32.2. The highest BCUT2D eigenvalue weighted by molar-refractivity contribution is 7.89. The van der Waals surface area contributed by atoms with Gasteiger partial charge in [0.05, 0.1) is 4.90 Å². The van der Waals surface area contributed by atoms with Crippen molar-refractivity contribution in [2.45, 2.75) is 37.9 Å². The van der Waals surface area contributed by atoms with Gasteiger partial charge in [0, 0.05) is 42.4 Å². The lowest BCUT2D eigenvalue weighted by atomic mass is 10.1. The monoisotopic (exact) mass is 476 g/mol. The molecule has 0 N–H and O–H groups in total. The van der Waals surface area contributed by atoms with Gasteiger partial charge in [0.15, 0.2) is 0 Å². The van der Waals surface area contributed by atoms with Crippen LogP contribution in [-0.2, 0) is 21.2 Å². The summed E-state index contributed by atoms with van der Waals surface area (Å²) in [6.07, 6.45) is -4.18. The molecule has 1 saturated heterocycles. The van der Waals surface area contributed by atoms with Gasteiger partial charge in [-0.15, -0.1) is 24.5 Å². The highest BCUT2D eigenvalue weighted by Gasteiger charge is 2.32. The summed E-state index contributed by atoms with van der Waals surface area (Å²) in [5, 5.41) is 0. The molecule has 31 heavy (non-hydrogen) atoms. The Kier molecular flexibility index (Phi) is 6.97. The maximum absolute atomic E-state index is 12.9. The maximum atomic E-state index is 12.9. The van der Waals surface area contributed by atoms with E-state index in [-0.39, 0.29) is 31.2 Å². The highest BCUT2D eigenvalue weighted by Crippen LogP contribution is 2.28. The summed E-state index contributed by atoms with van der Waals surface area (Å²) in [6, 6.07) is 7.09. The van der Waals surface area contributed by atoms with Crippen LogP contribution in [0.5, 0.6) is 5.75 Å². The minimum atomic E-state index is -4.74. The van der Waals surface area contributed by atoms with Crippen LogP contribution in [0.25, 0.3) is 0 Å². The summed E-state index contributed by atoms with van der Waals surface area (Å²) in [6.45, 7) is 4.71. The number of halogens is 3. The standard InChI is InChI=1S/C20H23F3N2O4S2/c1-14-13-18(15(2)30-14)31(27,28)25-11-9-24(10-12-25)19(26)8-5-16-3-6-17(7-4-16)29-20(21,22)23/h3-4,6-7,13H,5,8-12H2,1-2H3. The number of nitrogens with zero attached hydrogens (tertiary/aromatic N) is 2. The van der Waals surface area contributed by atoms with Gasteiger partial charge in [0.25, 0.3) is 0 Å². The van der Waals surface area contributed by atoms with E-state index < -0.39 is 16.4 Å². The Morgan fingerprint density at radius 2 is 1.71 bits per heavy atom. The second kappa shape index (κ2) is 9.17. The van der Waals surface area contributed by atoms with Crippen LogP contribution in [0.2, 0.25) is 0 Å². The van der Waals surface area contributed by atoms with E-state index in [9.17, 15) is 26.4 Å². The topological polar surface area (TPSA) is 66.9 Å². The van der Waals surface area contributed by atoms with Gasteiger partial charge in [-0.05, 0) is 44.0 Å². The van der Waals surface area contributed by atoms with Crippen LogP contribution in [0.15, 0.2) is 35.2 Å². The number of benzene rings is 1. The molecule has 0 bridgehead atoms. The Morgan fingerprint density at radius 1 is 1.10 bits per heavy atom. The molecule has 11 heteroatoms. The molecule has 1 fully saturated rings. The third kappa shape index (κ3) is 5.98. The Morgan fingerprint density at radius 3 is 2.23 bits per heavy atom. The summed E-state index contributed by atoms with van der Waals surface area (Å²) in [4.78, 5) is 16.1. The van der Waals surface area contributed by atoms with Crippen molar-refractivity contribution in [2.75, 3.05) is 26.2 Å². The average Bonchev–Trinajstić information content (AvgIpc) is 3.05. The van der Waals surface area contributed by atoms with Crippen LogP contribution in [0.3, 0.4) is 0 Å². The van der Waals surface area contributed by atoms with Gasteiger partial charge in [-0.25, -0.2) is 8.42 Å². The van der Waals surface area contributed by atoms with Crippen LogP contribution in [0.1, 0.15) is 21.7 Å². The fourth-order valence-electron chi connectivity index (χ4n) is 3.45. The van der Waals surface area contributed by atoms with Gasteiger partial charge in [0.1, 0.15) is 5.75 Å². The predicted molar refractivity (Wildman–Crippen MR) is 111 cm³/mol. The summed E-state index contributed by atoms with van der Waals surface area (Å²) in [5.74, 6) is -0.425. The fraction of sp³-hybridized carbons (Fsp3) is 0.450. The zero-order chi connectivity index (χ0) is 22.8. The van der Waals surface area contributed by atoms with Gasteiger partial charge in [-0.2, -0.15) is 4.31 Å². The minimum Gasteiger partial charge on any atom is -0.406 e. The van der Waals surface area contributed by atoms with E-state index >= 15 is 0 Å². The molecule has 170 valence electrons. The molecule has 2 heterocycles. The average molecular weight is 477 g/mol. The Hall–Kier alpha value is -2.11. The molecule has 0 spiro atoms. The fourth-order valence-corrected chi connectivity index (χ4v) is 6.39. The van der Waals surface area contributed by atoms with Gasteiger partial charge < -0.3 is 9.64 Å². The van der Waals surface area contributed by atoms with Crippen molar-refractivity contribution in [3.63, 3.8) is 0 Å². The quantitative estimate of drug-likeness (QED) is 0.637. The van der Waals surface area contributed by atoms with E-state index in [0.717, 1.165) is 9.75 Å². The third-order valence-corrected chi connectivity index (χ3v) is 8.11. The maximum Gasteiger partial charge on any atom is 0.573 e. The second-order valence-corrected chi connectivity index (χ2v) is 10.6. The molecular formula is C20H23F3N2O4S2. The number of thiophene rings is 1. The Bertz CT molecular complexity index is 1030. The number of aryl methyl sites for hydroxylation is 3. The van der Waals surface area contributed by atoms with E-state index in [1.807, 2.05) is 6.92 Å². The summed E-state index contributed by atoms with van der Waals surface area (Å²) < 4.78 is 67.6. The number of alkyl halides is 3. The predicted octanol–water partition coefficient (Wildman–Crippen LogP) is 3.73. The second-order valence-electron chi connectivity index (χ2n) is 7.25. The van der Waals surface area contributed by atoms with Crippen LogP contribution in [0.4, 0.5) is 13.2 Å². The van der Waals surface area contributed by atoms with E-state index in [1.165, 1.54) is 39.9 Å². The summed E-state index contributed by atoms with van der Waals surface area (Å²) >= 11 is 1.44. The van der Waals surface area contributed by atoms with Gasteiger partial charge >= 0.3 is 6.36 Å². The molecule has 1 aliphatic heterocycles. The van der Waals surface area contributed by atoms with Crippen molar-refractivity contribution in [3.05, 3.63) is 45.6 Å². The van der Waals surface area contributed by atoms with Crippen molar-refractivity contribution in [2.24, 2.45) is 0 Å². The number of carbonyl (C=O) groups excluding carboxylic acids is 1. The van der Waals surface area contributed by atoms with Crippen molar-refractivity contribution in [3.8, 4) is 5.75 Å². The lowest BCUT2D eigenvalue weighted by Gasteiger charge is -2.34. The molecule has 0 unspecified atom stereocenters. The first-order chi connectivity index (χ1) is 14.5. The lowest BCUT2D eigenvalue weighted by molar-refractivity contribution is -0.274. The van der Waals surface area contributed by atoms with Gasteiger partial charge in [0.2, 0.25) is 15.9 Å². The van der Waals surface area contributed by atoms with Crippen LogP contribution >= 0.6 is 11.3 Å². The molecule has 1 aromatic heterocycles. The molecule has 1 amide bonds. The number of rotatable bonds is 6. The molecule has 2 aromatic rings. The first kappa shape index (κ1) is 23.6. The first-order valence-corrected chi connectivity index (χ1v) is 11.9. The van der Waals surface area contributed by atoms with E-state index in [4.69, 9.17) is 0 Å². The minimum absolute atomic E-state index is 0.116. The number of ether oxygens (including phenoxy) is 1. The van der Waals surface area contributed by atoms with E-state index in [2.05, 4.69) is 4.74 Å². The number of carbonyl (C=O) groups is 1. The van der Waals surface area contributed by atoms with Crippen LogP contribution in [-0.4, -0.2) is 56.1 Å². The molecule has 6 nitrogen and oxygen atoms in total. The Balaban J connectivity index is 1.51. The number of hydrogen-bond donors (Lipinski definition) is 0. The summed E-state index contributed by atoms with van der Waals surface area (Å²) in [7, 11) is -3.58. The molecule has 1 aromatic carbocycles. The van der Waals surface area contributed by atoms with Gasteiger partial charge in [-0.1, -0.05) is 12.1 Å².